The molecule has 0 radical (unpaired) electrons. The molecule has 2 heteroatoms. The normalized spacial score (nSPS) is 11.2. The number of nitrogens with zero attached hydrogens (tertiary/aromatic N) is 2. The lowest BCUT2D eigenvalue weighted by molar-refractivity contribution is 0.440. The van der Waals surface area contributed by atoms with Gasteiger partial charge in [0.2, 0.25) is 0 Å². The third-order valence-corrected chi connectivity index (χ3v) is 7.90. The van der Waals surface area contributed by atoms with Crippen molar-refractivity contribution in [3.05, 3.63) is 95.2 Å². The topological polar surface area (TPSA) is 17.8 Å². The first-order valence-electron chi connectivity index (χ1n) is 14.1. The van der Waals surface area contributed by atoms with E-state index in [2.05, 4.69) is 133 Å². The van der Waals surface area contributed by atoms with E-state index in [1.165, 1.54) is 58.3 Å². The molecule has 3 aromatic carbocycles. The summed E-state index contributed by atoms with van der Waals surface area (Å²) in [4.78, 5) is 5.30. The van der Waals surface area contributed by atoms with Crippen LogP contribution in [-0.2, 0) is 5.41 Å². The third kappa shape index (κ3) is 6.24. The fourth-order valence-corrected chi connectivity index (χ4v) is 5.12. The summed E-state index contributed by atoms with van der Waals surface area (Å²) < 4.78 is 2.29. The Morgan fingerprint density at radius 1 is 0.703 bits per heavy atom. The maximum atomic E-state index is 5.30. The van der Waals surface area contributed by atoms with Gasteiger partial charge in [0.25, 0.3) is 0 Å². The van der Waals surface area contributed by atoms with Crippen LogP contribution in [0, 0.1) is 20.8 Å². The molecule has 0 amide bonds. The van der Waals surface area contributed by atoms with Crippen molar-refractivity contribution in [2.24, 2.45) is 0 Å². The summed E-state index contributed by atoms with van der Waals surface area (Å²) in [5.74, 6) is 1.01. The molecule has 0 aliphatic heterocycles. The highest BCUT2D eigenvalue weighted by Crippen LogP contribution is 2.40. The molecule has 1 heterocycles. The number of imidazole rings is 1. The third-order valence-electron chi connectivity index (χ3n) is 7.90. The molecule has 1 aromatic heterocycles. The fraction of sp³-hybridized carbons (Fsp3) is 0.400. The van der Waals surface area contributed by atoms with E-state index in [0.717, 1.165) is 24.4 Å². The number of para-hydroxylation sites is 1. The van der Waals surface area contributed by atoms with Crippen molar-refractivity contribution < 1.29 is 0 Å². The van der Waals surface area contributed by atoms with E-state index in [1.54, 1.807) is 0 Å². The van der Waals surface area contributed by atoms with Gasteiger partial charge in [0.05, 0.1) is 5.69 Å². The van der Waals surface area contributed by atoms with Gasteiger partial charge in [-0.3, -0.25) is 4.57 Å². The van der Waals surface area contributed by atoms with Crippen molar-refractivity contribution in [1.29, 1.82) is 0 Å². The van der Waals surface area contributed by atoms with Gasteiger partial charge in [0.1, 0.15) is 5.82 Å². The van der Waals surface area contributed by atoms with Crippen molar-refractivity contribution in [3.8, 4) is 28.3 Å². The second kappa shape index (κ2) is 12.9. The average molecular weight is 495 g/mol. The van der Waals surface area contributed by atoms with E-state index in [1.807, 2.05) is 0 Å². The predicted molar refractivity (Wildman–Crippen MR) is 162 cm³/mol. The Morgan fingerprint density at radius 2 is 1.27 bits per heavy atom. The van der Waals surface area contributed by atoms with E-state index in [-0.39, 0.29) is 5.41 Å². The van der Waals surface area contributed by atoms with Crippen molar-refractivity contribution in [2.75, 3.05) is 0 Å². The first-order valence-corrected chi connectivity index (χ1v) is 14.1. The quantitative estimate of drug-likeness (QED) is 0.238. The lowest BCUT2D eigenvalue weighted by atomic mass is 9.75. The van der Waals surface area contributed by atoms with Gasteiger partial charge >= 0.3 is 0 Å². The zero-order valence-corrected chi connectivity index (χ0v) is 24.4. The van der Waals surface area contributed by atoms with Crippen molar-refractivity contribution in [2.45, 2.75) is 92.9 Å². The molecule has 0 unspecified atom stereocenters. The number of benzene rings is 3. The number of hydrogen-bond acceptors (Lipinski definition) is 1. The van der Waals surface area contributed by atoms with E-state index in [4.69, 9.17) is 4.98 Å². The number of hydrogen-bond donors (Lipinski definition) is 0. The molecule has 0 N–H and O–H groups in total. The van der Waals surface area contributed by atoms with Crippen LogP contribution in [0.15, 0.2) is 72.9 Å². The lowest BCUT2D eigenvalue weighted by Gasteiger charge is -2.30. The fourth-order valence-electron chi connectivity index (χ4n) is 5.12. The summed E-state index contributed by atoms with van der Waals surface area (Å²) in [5, 5.41) is 0. The SMILES string of the molecule is CCC(C)(CC)c1ccccc1-c1nc(-c2c(C)cccc2C)cn1-c1ccccc1C.CCCCC. The summed E-state index contributed by atoms with van der Waals surface area (Å²) in [7, 11) is 0. The maximum absolute atomic E-state index is 5.30. The number of aryl methyl sites for hydroxylation is 3. The molecule has 4 rings (SSSR count). The molecule has 0 fully saturated rings. The largest absolute Gasteiger partial charge is 0.299 e. The van der Waals surface area contributed by atoms with Gasteiger partial charge in [-0.2, -0.15) is 0 Å². The highest BCUT2D eigenvalue weighted by atomic mass is 15.1. The highest BCUT2D eigenvalue weighted by molar-refractivity contribution is 5.73. The highest BCUT2D eigenvalue weighted by Gasteiger charge is 2.28. The van der Waals surface area contributed by atoms with Crippen LogP contribution in [0.4, 0.5) is 0 Å². The molecule has 0 aliphatic rings. The van der Waals surface area contributed by atoms with Crippen molar-refractivity contribution in [3.63, 3.8) is 0 Å². The monoisotopic (exact) mass is 494 g/mol. The number of unbranched alkanes of at least 4 members (excludes halogenated alkanes) is 2. The molecule has 0 saturated heterocycles. The van der Waals surface area contributed by atoms with E-state index in [9.17, 15) is 0 Å². The summed E-state index contributed by atoms with van der Waals surface area (Å²) >= 11 is 0. The molecule has 0 aliphatic carbocycles. The maximum Gasteiger partial charge on any atom is 0.145 e. The van der Waals surface area contributed by atoms with E-state index < -0.39 is 0 Å². The van der Waals surface area contributed by atoms with Crippen LogP contribution < -0.4 is 0 Å². The van der Waals surface area contributed by atoms with Crippen LogP contribution in [0.1, 0.15) is 89.0 Å². The van der Waals surface area contributed by atoms with Gasteiger partial charge in [-0.15, -0.1) is 0 Å². The molecule has 4 aromatic rings. The summed E-state index contributed by atoms with van der Waals surface area (Å²) in [6.45, 7) is 17.9. The summed E-state index contributed by atoms with van der Waals surface area (Å²) in [6.07, 6.45) is 8.48. The molecule has 196 valence electrons. The molecule has 0 saturated carbocycles. The van der Waals surface area contributed by atoms with Gasteiger partial charge in [-0.1, -0.05) is 115 Å². The Labute approximate surface area is 225 Å². The first kappa shape index (κ1) is 28.4. The standard InChI is InChI=1S/C30H34N2.C5H12/c1-7-30(6,8-2)25-18-11-10-17-24(25)29-31-26(28-22(4)15-13-16-23(28)5)20-32(29)27-19-12-9-14-21(27)3;1-3-5-4-2/h9-20H,7-8H2,1-6H3;3-5H2,1-2H3. The lowest BCUT2D eigenvalue weighted by Crippen LogP contribution is -2.21. The van der Waals surface area contributed by atoms with E-state index >= 15 is 0 Å². The van der Waals surface area contributed by atoms with Crippen LogP contribution in [-0.4, -0.2) is 9.55 Å². The zero-order valence-electron chi connectivity index (χ0n) is 24.4. The molecular weight excluding hydrogens is 448 g/mol. The molecule has 2 nitrogen and oxygen atoms in total. The Bertz CT molecular complexity index is 1270. The van der Waals surface area contributed by atoms with Gasteiger partial charge < -0.3 is 0 Å². The predicted octanol–water partition coefficient (Wildman–Crippen LogP) is 10.4. The summed E-state index contributed by atoms with van der Waals surface area (Å²) in [6, 6.07) is 23.9. The first-order chi connectivity index (χ1) is 17.8. The molecule has 0 atom stereocenters. The van der Waals surface area contributed by atoms with Crippen LogP contribution in [0.3, 0.4) is 0 Å². The van der Waals surface area contributed by atoms with Gasteiger partial charge in [0, 0.05) is 23.0 Å². The number of rotatable bonds is 8. The molecule has 0 spiro atoms. The van der Waals surface area contributed by atoms with Crippen molar-refractivity contribution in [1.82, 2.24) is 9.55 Å². The summed E-state index contributed by atoms with van der Waals surface area (Å²) in [5.41, 5.74) is 9.89. The van der Waals surface area contributed by atoms with Gasteiger partial charge in [-0.25, -0.2) is 4.98 Å². The van der Waals surface area contributed by atoms with Crippen LogP contribution in [0.2, 0.25) is 0 Å². The van der Waals surface area contributed by atoms with Gasteiger partial charge in [0.15, 0.2) is 0 Å². The van der Waals surface area contributed by atoms with Crippen molar-refractivity contribution >= 4 is 0 Å². The number of aromatic nitrogens is 2. The van der Waals surface area contributed by atoms with Crippen LogP contribution >= 0.6 is 0 Å². The molecule has 37 heavy (non-hydrogen) atoms. The second-order valence-electron chi connectivity index (χ2n) is 10.5. The van der Waals surface area contributed by atoms with Gasteiger partial charge in [-0.05, 0) is 67.3 Å². The Kier molecular flexibility index (Phi) is 9.92. The minimum Gasteiger partial charge on any atom is -0.299 e. The van der Waals surface area contributed by atoms with E-state index in [0.29, 0.717) is 0 Å². The second-order valence-corrected chi connectivity index (χ2v) is 10.5. The Morgan fingerprint density at radius 3 is 1.84 bits per heavy atom. The molecular formula is C35H46N2. The van der Waals surface area contributed by atoms with Crippen LogP contribution in [0.25, 0.3) is 28.3 Å². The smallest absolute Gasteiger partial charge is 0.145 e. The minimum absolute atomic E-state index is 0.109. The van der Waals surface area contributed by atoms with Crippen LogP contribution in [0.5, 0.6) is 0 Å². The molecule has 0 bridgehead atoms. The minimum atomic E-state index is 0.109. The average Bonchev–Trinajstić information content (AvgIpc) is 3.33. The Hall–Kier alpha value is -3.13. The zero-order chi connectivity index (χ0) is 27.0. The Balaban J connectivity index is 0.000000695.